The van der Waals surface area contributed by atoms with Crippen LogP contribution < -0.4 is 19.7 Å². The molecular weight excluding hydrogens is 394 g/mol. The molecule has 1 aliphatic heterocycles. The number of rotatable bonds is 7. The van der Waals surface area contributed by atoms with E-state index >= 15 is 0 Å². The van der Waals surface area contributed by atoms with E-state index in [1.54, 1.807) is 29.2 Å². The summed E-state index contributed by atoms with van der Waals surface area (Å²) in [6, 6.07) is 12.4. The van der Waals surface area contributed by atoms with Crippen molar-refractivity contribution in [3.05, 3.63) is 48.5 Å². The smallest absolute Gasteiger partial charge is 0.240 e. The molecule has 2 N–H and O–H groups in total. The van der Waals surface area contributed by atoms with E-state index in [1.807, 2.05) is 6.92 Å². The molecule has 3 rings (SSSR count). The number of carbonyl (C=O) groups excluding carboxylic acids is 2. The lowest BCUT2D eigenvalue weighted by Gasteiger charge is -2.18. The minimum absolute atomic E-state index is 0.0681. The first-order chi connectivity index (χ1) is 13.8. The monoisotopic (exact) mass is 417 g/mol. The summed E-state index contributed by atoms with van der Waals surface area (Å²) < 4.78 is 33.3. The van der Waals surface area contributed by atoms with E-state index in [0.29, 0.717) is 23.7 Å². The molecule has 8 nitrogen and oxygen atoms in total. The summed E-state index contributed by atoms with van der Waals surface area (Å²) in [6.07, 6.45) is 0.0798. The summed E-state index contributed by atoms with van der Waals surface area (Å²) in [6.45, 7) is 4.06. The van der Waals surface area contributed by atoms with Crippen molar-refractivity contribution in [1.29, 1.82) is 0 Å². The van der Waals surface area contributed by atoms with Gasteiger partial charge in [0.1, 0.15) is 5.75 Å². The number of nitrogens with zero attached hydrogens (tertiary/aromatic N) is 1. The zero-order valence-corrected chi connectivity index (χ0v) is 17.0. The maximum Gasteiger partial charge on any atom is 0.240 e. The number of nitrogens with one attached hydrogen (secondary N) is 2. The fraction of sp³-hybridized carbons (Fsp3) is 0.300. The topological polar surface area (TPSA) is 105 Å². The summed E-state index contributed by atoms with van der Waals surface area (Å²) in [4.78, 5) is 25.1. The number of hydrogen-bond acceptors (Lipinski definition) is 5. The first-order valence-corrected chi connectivity index (χ1v) is 10.7. The van der Waals surface area contributed by atoms with Crippen LogP contribution in [0.4, 0.5) is 11.4 Å². The minimum Gasteiger partial charge on any atom is -0.494 e. The van der Waals surface area contributed by atoms with Crippen molar-refractivity contribution in [2.45, 2.75) is 31.2 Å². The van der Waals surface area contributed by atoms with Gasteiger partial charge in [-0.2, -0.15) is 0 Å². The Morgan fingerprint density at radius 3 is 2.38 bits per heavy atom. The molecule has 2 aromatic carbocycles. The Kier molecular flexibility index (Phi) is 6.19. The van der Waals surface area contributed by atoms with Crippen LogP contribution in [0.5, 0.6) is 5.75 Å². The van der Waals surface area contributed by atoms with Crippen molar-refractivity contribution in [3.63, 3.8) is 0 Å². The number of hydrogen-bond donors (Lipinski definition) is 2. The summed E-state index contributed by atoms with van der Waals surface area (Å²) in [5.41, 5.74) is 1.20. The third-order valence-corrected chi connectivity index (χ3v) is 5.93. The SMILES string of the molecule is CCOc1ccc(N2C[C@H](NS(=O)(=O)c3ccc(NC(C)=O)cc3)CC2=O)cc1. The van der Waals surface area contributed by atoms with E-state index in [1.165, 1.54) is 31.2 Å². The van der Waals surface area contributed by atoms with Crippen LogP contribution in [-0.4, -0.2) is 39.4 Å². The number of amides is 2. The quantitative estimate of drug-likeness (QED) is 0.718. The Hall–Kier alpha value is -2.91. The molecule has 0 unspecified atom stereocenters. The lowest BCUT2D eigenvalue weighted by molar-refractivity contribution is -0.117. The number of sulfonamides is 1. The van der Waals surface area contributed by atoms with Gasteiger partial charge in [0, 0.05) is 37.3 Å². The predicted octanol–water partition coefficient (Wildman–Crippen LogP) is 2.13. The van der Waals surface area contributed by atoms with Crippen LogP contribution in [0, 0.1) is 0 Å². The van der Waals surface area contributed by atoms with Gasteiger partial charge in [-0.1, -0.05) is 0 Å². The number of ether oxygens (including phenoxy) is 1. The van der Waals surface area contributed by atoms with Gasteiger partial charge < -0.3 is 15.0 Å². The molecule has 9 heteroatoms. The van der Waals surface area contributed by atoms with Crippen molar-refractivity contribution in [3.8, 4) is 5.75 Å². The van der Waals surface area contributed by atoms with Crippen molar-refractivity contribution in [1.82, 2.24) is 4.72 Å². The average Bonchev–Trinajstić information content (AvgIpc) is 3.02. The lowest BCUT2D eigenvalue weighted by atomic mass is 10.3. The van der Waals surface area contributed by atoms with Gasteiger partial charge in [-0.15, -0.1) is 0 Å². The van der Waals surface area contributed by atoms with Gasteiger partial charge in [0.05, 0.1) is 11.5 Å². The van der Waals surface area contributed by atoms with E-state index in [0.717, 1.165) is 0 Å². The first kappa shape index (κ1) is 20.8. The normalized spacial score (nSPS) is 16.7. The first-order valence-electron chi connectivity index (χ1n) is 9.21. The number of benzene rings is 2. The average molecular weight is 417 g/mol. The Morgan fingerprint density at radius 1 is 1.14 bits per heavy atom. The molecule has 0 aromatic heterocycles. The van der Waals surface area contributed by atoms with Crippen molar-refractivity contribution in [2.24, 2.45) is 0 Å². The van der Waals surface area contributed by atoms with Crippen molar-refractivity contribution < 1.29 is 22.7 Å². The van der Waals surface area contributed by atoms with Crippen LogP contribution in [0.2, 0.25) is 0 Å². The maximum atomic E-state index is 12.6. The third-order valence-electron chi connectivity index (χ3n) is 4.39. The molecule has 2 amide bonds. The predicted molar refractivity (Wildman–Crippen MR) is 109 cm³/mol. The van der Waals surface area contributed by atoms with Crippen LogP contribution in [-0.2, 0) is 19.6 Å². The lowest BCUT2D eigenvalue weighted by Crippen LogP contribution is -2.37. The zero-order chi connectivity index (χ0) is 21.0. The number of carbonyl (C=O) groups is 2. The van der Waals surface area contributed by atoms with E-state index in [9.17, 15) is 18.0 Å². The molecule has 1 fully saturated rings. The molecule has 1 atom stereocenters. The fourth-order valence-corrected chi connectivity index (χ4v) is 4.36. The molecule has 2 aromatic rings. The van der Waals surface area contributed by atoms with Crippen molar-refractivity contribution >= 4 is 33.2 Å². The second-order valence-electron chi connectivity index (χ2n) is 6.66. The molecule has 1 heterocycles. The van der Waals surface area contributed by atoms with Gasteiger partial charge in [-0.05, 0) is 55.5 Å². The molecular formula is C20H23N3O5S. The molecule has 0 aliphatic carbocycles. The molecule has 0 radical (unpaired) electrons. The summed E-state index contributed by atoms with van der Waals surface area (Å²) >= 11 is 0. The Balaban J connectivity index is 1.67. The Bertz CT molecular complexity index is 988. The van der Waals surface area contributed by atoms with Gasteiger partial charge in [-0.3, -0.25) is 9.59 Å². The van der Waals surface area contributed by atoms with Gasteiger partial charge in [0.15, 0.2) is 0 Å². The van der Waals surface area contributed by atoms with Crippen LogP contribution in [0.25, 0.3) is 0 Å². The number of anilines is 2. The zero-order valence-electron chi connectivity index (χ0n) is 16.2. The van der Waals surface area contributed by atoms with Crippen LogP contribution >= 0.6 is 0 Å². The summed E-state index contributed by atoms with van der Waals surface area (Å²) in [5, 5.41) is 2.58. The maximum absolute atomic E-state index is 12.6. The highest BCUT2D eigenvalue weighted by molar-refractivity contribution is 7.89. The molecule has 0 bridgehead atoms. The highest BCUT2D eigenvalue weighted by atomic mass is 32.2. The van der Waals surface area contributed by atoms with E-state index in [2.05, 4.69) is 10.0 Å². The van der Waals surface area contributed by atoms with E-state index < -0.39 is 16.1 Å². The second-order valence-corrected chi connectivity index (χ2v) is 8.37. The van der Waals surface area contributed by atoms with Gasteiger partial charge in [0.25, 0.3) is 0 Å². The standard InChI is InChI=1S/C20H23N3O5S/c1-3-28-18-8-6-17(7-9-18)23-13-16(12-20(23)25)22-29(26,27)19-10-4-15(5-11-19)21-14(2)24/h4-11,16,22H,3,12-13H2,1-2H3,(H,21,24)/t16-/m1/s1. The molecule has 29 heavy (non-hydrogen) atoms. The summed E-state index contributed by atoms with van der Waals surface area (Å²) in [7, 11) is -3.79. The minimum atomic E-state index is -3.79. The molecule has 154 valence electrons. The van der Waals surface area contributed by atoms with Gasteiger partial charge in [-0.25, -0.2) is 13.1 Å². The van der Waals surface area contributed by atoms with Crippen molar-refractivity contribution in [2.75, 3.05) is 23.4 Å². The molecule has 1 saturated heterocycles. The second kappa shape index (κ2) is 8.62. The highest BCUT2D eigenvalue weighted by Gasteiger charge is 2.33. The fourth-order valence-electron chi connectivity index (χ4n) is 3.13. The Labute approximate surface area is 169 Å². The molecule has 1 aliphatic rings. The molecule has 0 saturated carbocycles. The van der Waals surface area contributed by atoms with Gasteiger partial charge in [0.2, 0.25) is 21.8 Å². The largest absolute Gasteiger partial charge is 0.494 e. The van der Waals surface area contributed by atoms with Crippen LogP contribution in [0.1, 0.15) is 20.3 Å². The summed E-state index contributed by atoms with van der Waals surface area (Å²) in [5.74, 6) is 0.323. The molecule has 0 spiro atoms. The third kappa shape index (κ3) is 5.12. The van der Waals surface area contributed by atoms with Gasteiger partial charge >= 0.3 is 0 Å². The van der Waals surface area contributed by atoms with E-state index in [4.69, 9.17) is 4.74 Å². The Morgan fingerprint density at radius 2 is 1.79 bits per heavy atom. The van der Waals surface area contributed by atoms with E-state index in [-0.39, 0.29) is 29.7 Å². The van der Waals surface area contributed by atoms with Crippen LogP contribution in [0.15, 0.2) is 53.4 Å². The van der Waals surface area contributed by atoms with Crippen LogP contribution in [0.3, 0.4) is 0 Å². The highest BCUT2D eigenvalue weighted by Crippen LogP contribution is 2.25.